The molecule has 2 N–H and O–H groups in total. The monoisotopic (exact) mass is 466 g/mol. The van der Waals surface area contributed by atoms with Crippen molar-refractivity contribution >= 4 is 18.3 Å². The number of likely N-dealkylation sites (tertiary alicyclic amines) is 1. The highest BCUT2D eigenvalue weighted by Gasteiger charge is 2.26. The van der Waals surface area contributed by atoms with Crippen molar-refractivity contribution in [2.75, 3.05) is 26.7 Å². The van der Waals surface area contributed by atoms with Crippen molar-refractivity contribution in [3.8, 4) is 22.6 Å². The van der Waals surface area contributed by atoms with Gasteiger partial charge in [0, 0.05) is 36.8 Å². The van der Waals surface area contributed by atoms with Gasteiger partial charge in [-0.1, -0.05) is 42.5 Å². The molecule has 0 unspecified atom stereocenters. The number of halogens is 1. The van der Waals surface area contributed by atoms with E-state index in [-0.39, 0.29) is 29.8 Å². The first kappa shape index (κ1) is 24.6. The Hall–Kier alpha value is -3.02. The van der Waals surface area contributed by atoms with Crippen LogP contribution in [0.15, 0.2) is 72.8 Å². The lowest BCUT2D eigenvalue weighted by Gasteiger charge is -2.37. The Morgan fingerprint density at radius 2 is 1.64 bits per heavy atom. The Bertz CT molecular complexity index is 1050. The average molecular weight is 467 g/mol. The average Bonchev–Trinajstić information content (AvgIpc) is 2.83. The maximum atomic E-state index is 13.0. The van der Waals surface area contributed by atoms with Crippen molar-refractivity contribution in [3.63, 3.8) is 0 Å². The van der Waals surface area contributed by atoms with Crippen LogP contribution in [0.3, 0.4) is 0 Å². The second-order valence-electron chi connectivity index (χ2n) is 8.52. The summed E-state index contributed by atoms with van der Waals surface area (Å²) in [4.78, 5) is 17.3. The molecule has 5 nitrogen and oxygen atoms in total. The molecule has 3 aromatic rings. The Balaban J connectivity index is 0.00000306. The van der Waals surface area contributed by atoms with Gasteiger partial charge in [0.1, 0.15) is 11.5 Å². The fourth-order valence-electron chi connectivity index (χ4n) is 4.37. The van der Waals surface area contributed by atoms with Crippen molar-refractivity contribution in [2.45, 2.75) is 25.3 Å². The lowest BCUT2D eigenvalue weighted by atomic mass is 10.00. The van der Waals surface area contributed by atoms with Crippen LogP contribution in [0.5, 0.6) is 11.5 Å². The highest BCUT2D eigenvalue weighted by atomic mass is 35.5. The summed E-state index contributed by atoms with van der Waals surface area (Å²) in [6.45, 7) is 2.45. The van der Waals surface area contributed by atoms with Crippen molar-refractivity contribution in [2.24, 2.45) is 0 Å². The lowest BCUT2D eigenvalue weighted by Crippen LogP contribution is -2.46. The van der Waals surface area contributed by atoms with Gasteiger partial charge in [-0.2, -0.15) is 0 Å². The minimum absolute atomic E-state index is 0. The van der Waals surface area contributed by atoms with E-state index in [2.05, 4.69) is 36.2 Å². The van der Waals surface area contributed by atoms with E-state index in [0.29, 0.717) is 17.2 Å². The van der Waals surface area contributed by atoms with E-state index in [9.17, 15) is 15.0 Å². The van der Waals surface area contributed by atoms with Gasteiger partial charge in [-0.25, -0.2) is 0 Å². The topological polar surface area (TPSA) is 64.0 Å². The second kappa shape index (κ2) is 11.2. The van der Waals surface area contributed by atoms with Gasteiger partial charge in [0.25, 0.3) is 5.91 Å². The molecule has 3 aromatic carbocycles. The van der Waals surface area contributed by atoms with Crippen molar-refractivity contribution in [3.05, 3.63) is 83.9 Å². The molecular weight excluding hydrogens is 436 g/mol. The minimum Gasteiger partial charge on any atom is -0.508 e. The number of aromatic hydroxyl groups is 2. The zero-order chi connectivity index (χ0) is 22.5. The number of piperidine rings is 1. The fraction of sp³-hybridized carbons (Fsp3) is 0.296. The molecule has 0 aliphatic carbocycles. The summed E-state index contributed by atoms with van der Waals surface area (Å²) in [5.41, 5.74) is 3.28. The number of phenols is 2. The summed E-state index contributed by atoms with van der Waals surface area (Å²) in [6, 6.07) is 22.7. The zero-order valence-corrected chi connectivity index (χ0v) is 19.7. The fourth-order valence-corrected chi connectivity index (χ4v) is 4.37. The van der Waals surface area contributed by atoms with Crippen LogP contribution in [0.2, 0.25) is 0 Å². The van der Waals surface area contributed by atoms with Gasteiger partial charge in [0.05, 0.1) is 0 Å². The van der Waals surface area contributed by atoms with Crippen LogP contribution in [0.4, 0.5) is 0 Å². The molecule has 0 radical (unpaired) electrons. The Kier molecular flexibility index (Phi) is 8.37. The third-order valence-corrected chi connectivity index (χ3v) is 6.39. The van der Waals surface area contributed by atoms with Gasteiger partial charge in [-0.15, -0.1) is 12.4 Å². The van der Waals surface area contributed by atoms with Crippen LogP contribution < -0.4 is 0 Å². The number of hydrogen-bond donors (Lipinski definition) is 2. The number of carbonyl (C=O) groups is 1. The molecule has 1 amide bonds. The highest BCUT2D eigenvalue weighted by Crippen LogP contribution is 2.31. The number of benzene rings is 3. The zero-order valence-electron chi connectivity index (χ0n) is 18.9. The van der Waals surface area contributed by atoms with E-state index < -0.39 is 0 Å². The predicted molar refractivity (Wildman–Crippen MR) is 134 cm³/mol. The smallest absolute Gasteiger partial charge is 0.253 e. The second-order valence-corrected chi connectivity index (χ2v) is 8.52. The van der Waals surface area contributed by atoms with Gasteiger partial charge >= 0.3 is 0 Å². The van der Waals surface area contributed by atoms with Crippen LogP contribution in [0.25, 0.3) is 11.1 Å². The number of nitrogens with zero attached hydrogens (tertiary/aromatic N) is 2. The normalized spacial score (nSPS) is 14.2. The van der Waals surface area contributed by atoms with Crippen LogP contribution in [-0.2, 0) is 6.42 Å². The minimum atomic E-state index is -0.0389. The molecule has 0 saturated carbocycles. The molecule has 33 heavy (non-hydrogen) atoms. The summed E-state index contributed by atoms with van der Waals surface area (Å²) >= 11 is 0. The first-order valence-electron chi connectivity index (χ1n) is 11.2. The number of amides is 1. The molecule has 6 heteroatoms. The summed E-state index contributed by atoms with van der Waals surface area (Å²) < 4.78 is 0. The molecule has 174 valence electrons. The molecule has 1 heterocycles. The highest BCUT2D eigenvalue weighted by molar-refractivity contribution is 5.95. The quantitative estimate of drug-likeness (QED) is 0.538. The van der Waals surface area contributed by atoms with E-state index >= 15 is 0 Å². The molecule has 1 aliphatic heterocycles. The van der Waals surface area contributed by atoms with Crippen LogP contribution >= 0.6 is 12.4 Å². The molecule has 1 fully saturated rings. The largest absolute Gasteiger partial charge is 0.508 e. The van der Waals surface area contributed by atoms with Crippen molar-refractivity contribution in [1.82, 2.24) is 9.80 Å². The van der Waals surface area contributed by atoms with E-state index in [1.54, 1.807) is 42.5 Å². The third kappa shape index (κ3) is 6.06. The maximum Gasteiger partial charge on any atom is 0.253 e. The SMILES string of the molecule is CN(CCc1ccccc1)C1CCN(C(=O)c2ccc(-c3ccc(O)cc3)c(O)c2)CC1.Cl. The number of rotatable bonds is 6. The van der Waals surface area contributed by atoms with Gasteiger partial charge in [0.15, 0.2) is 0 Å². The first-order valence-corrected chi connectivity index (χ1v) is 11.2. The Labute approximate surface area is 201 Å². The maximum absolute atomic E-state index is 13.0. The summed E-state index contributed by atoms with van der Waals surface area (Å²) in [6.07, 6.45) is 2.94. The van der Waals surface area contributed by atoms with Crippen molar-refractivity contribution in [1.29, 1.82) is 0 Å². The predicted octanol–water partition coefficient (Wildman–Crippen LogP) is 4.97. The van der Waals surface area contributed by atoms with Gasteiger partial charge in [0.2, 0.25) is 0 Å². The molecule has 0 atom stereocenters. The number of hydrogen-bond acceptors (Lipinski definition) is 4. The molecule has 1 aliphatic rings. The van der Waals surface area contributed by atoms with Crippen molar-refractivity contribution < 1.29 is 15.0 Å². The first-order chi connectivity index (χ1) is 15.5. The molecule has 0 bridgehead atoms. The Morgan fingerprint density at radius 3 is 2.27 bits per heavy atom. The summed E-state index contributed by atoms with van der Waals surface area (Å²) in [5.74, 6) is 0.203. The van der Waals surface area contributed by atoms with E-state index in [0.717, 1.165) is 44.5 Å². The molecule has 1 saturated heterocycles. The summed E-state index contributed by atoms with van der Waals surface area (Å²) in [5, 5.41) is 19.9. The molecule has 4 rings (SSSR count). The van der Waals surface area contributed by atoms with Gasteiger partial charge in [-0.3, -0.25) is 4.79 Å². The van der Waals surface area contributed by atoms with Crippen LogP contribution in [0.1, 0.15) is 28.8 Å². The van der Waals surface area contributed by atoms with E-state index in [1.807, 2.05) is 11.0 Å². The molecule has 0 aromatic heterocycles. The van der Waals surface area contributed by atoms with E-state index in [1.165, 1.54) is 5.56 Å². The van der Waals surface area contributed by atoms with Gasteiger partial charge < -0.3 is 20.0 Å². The number of phenolic OH excluding ortho intramolecular Hbond substituents is 2. The van der Waals surface area contributed by atoms with Crippen LogP contribution in [-0.4, -0.2) is 58.6 Å². The Morgan fingerprint density at radius 1 is 0.970 bits per heavy atom. The van der Waals surface area contributed by atoms with Gasteiger partial charge in [-0.05, 0) is 67.8 Å². The molecular formula is C27H31ClN2O3. The summed E-state index contributed by atoms with van der Waals surface area (Å²) in [7, 11) is 2.17. The molecule has 0 spiro atoms. The third-order valence-electron chi connectivity index (χ3n) is 6.39. The van der Waals surface area contributed by atoms with E-state index in [4.69, 9.17) is 0 Å². The standard InChI is InChI=1S/C27H30N2O3.ClH/c1-28(16-13-20-5-3-2-4-6-20)23-14-17-29(18-15-23)27(32)22-9-12-25(26(31)19-22)21-7-10-24(30)11-8-21;/h2-12,19,23,30-31H,13-18H2,1H3;1H. The number of carbonyl (C=O) groups excluding carboxylic acids is 1. The lowest BCUT2D eigenvalue weighted by molar-refractivity contribution is 0.0646. The van der Waals surface area contributed by atoms with Crippen LogP contribution in [0, 0.1) is 0 Å². The number of likely N-dealkylation sites (N-methyl/N-ethyl adjacent to an activating group) is 1.